The Balaban J connectivity index is 2.39. The molecule has 1 aromatic carbocycles. The number of benzene rings is 1. The van der Waals surface area contributed by atoms with Gasteiger partial charge in [0, 0.05) is 17.6 Å². The molecule has 1 heterocycles. The van der Waals surface area contributed by atoms with Crippen LogP contribution in [0, 0.1) is 5.82 Å². The Morgan fingerprint density at radius 1 is 1.38 bits per heavy atom. The van der Waals surface area contributed by atoms with Crippen LogP contribution in [-0.4, -0.2) is 18.2 Å². The van der Waals surface area contributed by atoms with Crippen LogP contribution in [0.2, 0.25) is 0 Å². The minimum Gasteiger partial charge on any atom is -0.382 e. The summed E-state index contributed by atoms with van der Waals surface area (Å²) in [6.07, 6.45) is 0. The Hall–Kier alpha value is -0.450. The predicted molar refractivity (Wildman–Crippen MR) is 50.9 cm³/mol. The zero-order valence-corrected chi connectivity index (χ0v) is 8.44. The van der Waals surface area contributed by atoms with E-state index in [-0.39, 0.29) is 5.82 Å². The third-order valence-electron chi connectivity index (χ3n) is 2.23. The van der Waals surface area contributed by atoms with Gasteiger partial charge in [-0.3, -0.25) is 0 Å². The van der Waals surface area contributed by atoms with E-state index >= 15 is 0 Å². The lowest BCUT2D eigenvalue weighted by Gasteiger charge is -2.38. The SMILES string of the molecule is OC1(c2cc(F)cc(Br)c2)CNC1. The molecule has 4 heteroatoms. The molecule has 1 aliphatic rings. The lowest BCUT2D eigenvalue weighted by Crippen LogP contribution is -2.56. The number of nitrogens with one attached hydrogen (secondary N) is 1. The van der Waals surface area contributed by atoms with E-state index in [1.807, 2.05) is 0 Å². The average Bonchev–Trinajstić information content (AvgIpc) is 1.98. The van der Waals surface area contributed by atoms with E-state index in [9.17, 15) is 9.50 Å². The van der Waals surface area contributed by atoms with Gasteiger partial charge in [0.2, 0.25) is 0 Å². The molecule has 1 aromatic rings. The molecular formula is C9H9BrFNO. The smallest absolute Gasteiger partial charge is 0.124 e. The van der Waals surface area contributed by atoms with Crippen molar-refractivity contribution in [3.63, 3.8) is 0 Å². The third kappa shape index (κ3) is 1.61. The minimum atomic E-state index is -0.884. The molecule has 0 bridgehead atoms. The summed E-state index contributed by atoms with van der Waals surface area (Å²) < 4.78 is 13.6. The molecule has 1 saturated heterocycles. The molecule has 2 N–H and O–H groups in total. The maximum atomic E-state index is 13.0. The Morgan fingerprint density at radius 3 is 2.54 bits per heavy atom. The van der Waals surface area contributed by atoms with Crippen molar-refractivity contribution >= 4 is 15.9 Å². The van der Waals surface area contributed by atoms with E-state index in [0.29, 0.717) is 23.1 Å². The maximum absolute atomic E-state index is 13.0. The van der Waals surface area contributed by atoms with Crippen molar-refractivity contribution < 1.29 is 9.50 Å². The Labute approximate surface area is 83.9 Å². The van der Waals surface area contributed by atoms with Gasteiger partial charge in [0.15, 0.2) is 0 Å². The molecule has 13 heavy (non-hydrogen) atoms. The number of rotatable bonds is 1. The van der Waals surface area contributed by atoms with E-state index in [4.69, 9.17) is 0 Å². The van der Waals surface area contributed by atoms with Gasteiger partial charge in [-0.05, 0) is 23.8 Å². The molecule has 2 rings (SSSR count). The molecule has 0 amide bonds. The molecular weight excluding hydrogens is 237 g/mol. The van der Waals surface area contributed by atoms with Crippen molar-refractivity contribution in [2.75, 3.05) is 13.1 Å². The fraction of sp³-hybridized carbons (Fsp3) is 0.333. The Kier molecular flexibility index (Phi) is 2.14. The first-order valence-corrected chi connectivity index (χ1v) is 4.79. The van der Waals surface area contributed by atoms with Crippen LogP contribution in [0.25, 0.3) is 0 Å². The van der Waals surface area contributed by atoms with E-state index in [2.05, 4.69) is 21.2 Å². The Morgan fingerprint density at radius 2 is 2.08 bits per heavy atom. The third-order valence-corrected chi connectivity index (χ3v) is 2.69. The monoisotopic (exact) mass is 245 g/mol. The largest absolute Gasteiger partial charge is 0.382 e. The highest BCUT2D eigenvalue weighted by atomic mass is 79.9. The van der Waals surface area contributed by atoms with E-state index in [1.165, 1.54) is 12.1 Å². The fourth-order valence-corrected chi connectivity index (χ4v) is 1.85. The summed E-state index contributed by atoms with van der Waals surface area (Å²) in [5, 5.41) is 12.8. The van der Waals surface area contributed by atoms with Gasteiger partial charge in [0.05, 0.1) is 0 Å². The molecule has 0 radical (unpaired) electrons. The van der Waals surface area contributed by atoms with Gasteiger partial charge >= 0.3 is 0 Å². The molecule has 2 nitrogen and oxygen atoms in total. The molecule has 1 aliphatic heterocycles. The second-order valence-corrected chi connectivity index (χ2v) is 4.21. The van der Waals surface area contributed by atoms with Crippen molar-refractivity contribution in [2.24, 2.45) is 0 Å². The quantitative estimate of drug-likeness (QED) is 0.784. The van der Waals surface area contributed by atoms with Crippen LogP contribution >= 0.6 is 15.9 Å². The number of halogens is 2. The second-order valence-electron chi connectivity index (χ2n) is 3.29. The summed E-state index contributed by atoms with van der Waals surface area (Å²) in [6.45, 7) is 0.978. The van der Waals surface area contributed by atoms with Crippen LogP contribution in [0.5, 0.6) is 0 Å². The van der Waals surface area contributed by atoms with Gasteiger partial charge in [-0.2, -0.15) is 0 Å². The van der Waals surface area contributed by atoms with Crippen molar-refractivity contribution in [2.45, 2.75) is 5.60 Å². The predicted octanol–water partition coefficient (Wildman–Crippen LogP) is 1.38. The molecule has 0 atom stereocenters. The highest BCUT2D eigenvalue weighted by molar-refractivity contribution is 9.10. The first-order chi connectivity index (χ1) is 6.10. The van der Waals surface area contributed by atoms with Crippen LogP contribution in [0.4, 0.5) is 4.39 Å². The van der Waals surface area contributed by atoms with Gasteiger partial charge in [0.1, 0.15) is 11.4 Å². The minimum absolute atomic E-state index is 0.329. The van der Waals surface area contributed by atoms with Crippen molar-refractivity contribution in [1.29, 1.82) is 0 Å². The first-order valence-electron chi connectivity index (χ1n) is 4.00. The van der Waals surface area contributed by atoms with Crippen LogP contribution in [-0.2, 0) is 5.60 Å². The van der Waals surface area contributed by atoms with Crippen molar-refractivity contribution in [1.82, 2.24) is 5.32 Å². The highest BCUT2D eigenvalue weighted by Gasteiger charge is 2.36. The van der Waals surface area contributed by atoms with E-state index in [1.54, 1.807) is 6.07 Å². The zero-order chi connectivity index (χ0) is 9.47. The summed E-state index contributed by atoms with van der Waals surface area (Å²) in [5.74, 6) is -0.329. The molecule has 70 valence electrons. The Bertz CT molecular complexity index is 318. The van der Waals surface area contributed by atoms with Crippen molar-refractivity contribution in [3.8, 4) is 0 Å². The second kappa shape index (κ2) is 3.04. The lowest BCUT2D eigenvalue weighted by atomic mass is 9.88. The molecule has 0 saturated carbocycles. The summed E-state index contributed by atoms with van der Waals surface area (Å²) in [6, 6.07) is 4.48. The number of hydrogen-bond acceptors (Lipinski definition) is 2. The van der Waals surface area contributed by atoms with E-state index in [0.717, 1.165) is 0 Å². The van der Waals surface area contributed by atoms with Crippen LogP contribution in [0.1, 0.15) is 5.56 Å². The molecule has 0 aromatic heterocycles. The van der Waals surface area contributed by atoms with Gasteiger partial charge in [-0.1, -0.05) is 15.9 Å². The summed E-state index contributed by atoms with van der Waals surface area (Å²) in [5.41, 5.74) is -0.261. The lowest BCUT2D eigenvalue weighted by molar-refractivity contribution is -0.0149. The molecule has 1 fully saturated rings. The normalized spacial score (nSPS) is 19.6. The topological polar surface area (TPSA) is 32.3 Å². The summed E-state index contributed by atoms with van der Waals surface area (Å²) in [7, 11) is 0. The maximum Gasteiger partial charge on any atom is 0.124 e. The van der Waals surface area contributed by atoms with Crippen LogP contribution < -0.4 is 5.32 Å². The van der Waals surface area contributed by atoms with Gasteiger partial charge in [-0.15, -0.1) is 0 Å². The number of aliphatic hydroxyl groups is 1. The molecule has 0 spiro atoms. The summed E-state index contributed by atoms with van der Waals surface area (Å²) >= 11 is 3.19. The highest BCUT2D eigenvalue weighted by Crippen LogP contribution is 2.28. The van der Waals surface area contributed by atoms with Gasteiger partial charge < -0.3 is 10.4 Å². The average molecular weight is 246 g/mol. The van der Waals surface area contributed by atoms with Crippen LogP contribution in [0.3, 0.4) is 0 Å². The van der Waals surface area contributed by atoms with E-state index < -0.39 is 5.60 Å². The van der Waals surface area contributed by atoms with Gasteiger partial charge in [0.25, 0.3) is 0 Å². The van der Waals surface area contributed by atoms with Gasteiger partial charge in [-0.25, -0.2) is 4.39 Å². The van der Waals surface area contributed by atoms with Crippen LogP contribution in [0.15, 0.2) is 22.7 Å². The summed E-state index contributed by atoms with van der Waals surface area (Å²) in [4.78, 5) is 0. The molecule has 0 unspecified atom stereocenters. The standard InChI is InChI=1S/C9H9BrFNO/c10-7-1-6(2-8(11)3-7)9(13)4-12-5-9/h1-3,12-13H,4-5H2. The fourth-order valence-electron chi connectivity index (χ4n) is 1.39. The van der Waals surface area contributed by atoms with Crippen molar-refractivity contribution in [3.05, 3.63) is 34.1 Å². The number of hydrogen-bond donors (Lipinski definition) is 2. The zero-order valence-electron chi connectivity index (χ0n) is 6.85. The first kappa shape index (κ1) is 9.12. The molecule has 0 aliphatic carbocycles. The number of β-amino-alcohol motifs (C(OH)–C–C–N with tert-alkyl or cyclic N) is 1.